The maximum absolute atomic E-state index is 12.1. The zero-order valence-electron chi connectivity index (χ0n) is 14.7. The second-order valence-corrected chi connectivity index (χ2v) is 8.82. The molecule has 10 heteroatoms. The van der Waals surface area contributed by atoms with Crippen molar-refractivity contribution < 1.29 is 8.42 Å². The Labute approximate surface area is 151 Å². The Balaban J connectivity index is 1.67. The lowest BCUT2D eigenvalue weighted by atomic mass is 9.92. The summed E-state index contributed by atoms with van der Waals surface area (Å²) in [5.74, 6) is 0.111. The highest BCUT2D eigenvalue weighted by molar-refractivity contribution is 7.89. The van der Waals surface area contributed by atoms with E-state index in [4.69, 9.17) is 0 Å². The third-order valence-electron chi connectivity index (χ3n) is 4.90. The number of aromatic nitrogens is 5. The van der Waals surface area contributed by atoms with Crippen LogP contribution >= 0.6 is 0 Å². The minimum atomic E-state index is -3.19. The second kappa shape index (κ2) is 6.15. The largest absolute Gasteiger partial charge is 0.346 e. The van der Waals surface area contributed by atoms with Crippen molar-refractivity contribution in [1.29, 1.82) is 0 Å². The van der Waals surface area contributed by atoms with Crippen molar-refractivity contribution in [2.45, 2.75) is 12.5 Å². The fraction of sp³-hybridized carbons (Fsp3) is 0.438. The molecule has 0 spiro atoms. The van der Waals surface area contributed by atoms with E-state index < -0.39 is 10.0 Å². The zero-order chi connectivity index (χ0) is 18.4. The maximum Gasteiger partial charge on any atom is 0.213 e. The van der Waals surface area contributed by atoms with Gasteiger partial charge < -0.3 is 10.3 Å². The number of hydrogen-bond acceptors (Lipinski definition) is 6. The Morgan fingerprint density at radius 1 is 1.35 bits per heavy atom. The summed E-state index contributed by atoms with van der Waals surface area (Å²) in [6, 6.07) is 1.93. The molecule has 0 saturated carbocycles. The molecule has 1 aliphatic heterocycles. The molecule has 0 radical (unpaired) electrons. The Kier molecular flexibility index (Phi) is 4.05. The van der Waals surface area contributed by atoms with E-state index in [0.29, 0.717) is 19.6 Å². The van der Waals surface area contributed by atoms with Crippen molar-refractivity contribution in [1.82, 2.24) is 34.4 Å². The summed E-state index contributed by atoms with van der Waals surface area (Å²) >= 11 is 0. The molecule has 1 aliphatic rings. The molecule has 138 valence electrons. The molecule has 4 rings (SSSR count). The number of likely N-dealkylation sites (N-methyl/N-ethyl adjacent to an activating group) is 1. The number of nitrogens with zero attached hydrogens (tertiary/aromatic N) is 5. The highest BCUT2D eigenvalue weighted by Crippen LogP contribution is 2.33. The summed E-state index contributed by atoms with van der Waals surface area (Å²) in [4.78, 5) is 11.7. The van der Waals surface area contributed by atoms with Gasteiger partial charge in [0.25, 0.3) is 0 Å². The number of nitrogens with one attached hydrogen (secondary N) is 2. The van der Waals surface area contributed by atoms with Crippen molar-refractivity contribution in [3.05, 3.63) is 31.0 Å². The average molecular weight is 375 g/mol. The first-order valence-corrected chi connectivity index (χ1v) is 10.1. The van der Waals surface area contributed by atoms with Crippen LogP contribution in [0.3, 0.4) is 0 Å². The summed E-state index contributed by atoms with van der Waals surface area (Å²) in [5, 5.41) is 8.61. The van der Waals surface area contributed by atoms with Crippen LogP contribution in [0.5, 0.6) is 0 Å². The predicted molar refractivity (Wildman–Crippen MR) is 98.0 cm³/mol. The van der Waals surface area contributed by atoms with Crippen LogP contribution in [0.2, 0.25) is 0 Å². The van der Waals surface area contributed by atoms with Crippen LogP contribution in [0.25, 0.3) is 22.3 Å². The van der Waals surface area contributed by atoms with Gasteiger partial charge in [0.1, 0.15) is 17.5 Å². The summed E-state index contributed by atoms with van der Waals surface area (Å²) in [6.07, 6.45) is 7.05. The molecule has 4 heterocycles. The van der Waals surface area contributed by atoms with E-state index in [2.05, 4.69) is 25.4 Å². The lowest BCUT2D eigenvalue weighted by Crippen LogP contribution is -2.67. The van der Waals surface area contributed by atoms with E-state index in [1.165, 1.54) is 10.6 Å². The first kappa shape index (κ1) is 17.1. The molecule has 0 aromatic carbocycles. The van der Waals surface area contributed by atoms with Crippen LogP contribution in [0, 0.1) is 0 Å². The number of aromatic amines is 1. The monoisotopic (exact) mass is 375 g/mol. The van der Waals surface area contributed by atoms with Gasteiger partial charge in [-0.2, -0.15) is 9.40 Å². The van der Waals surface area contributed by atoms with Crippen molar-refractivity contribution in [2.75, 3.05) is 32.4 Å². The van der Waals surface area contributed by atoms with Crippen LogP contribution in [-0.2, 0) is 15.6 Å². The molecule has 0 aliphatic carbocycles. The van der Waals surface area contributed by atoms with E-state index in [1.807, 2.05) is 30.2 Å². The van der Waals surface area contributed by atoms with Crippen LogP contribution in [0.15, 0.2) is 31.0 Å². The number of fused-ring (bicyclic) bond motifs is 1. The van der Waals surface area contributed by atoms with Crippen LogP contribution in [0.1, 0.15) is 6.92 Å². The molecule has 0 bridgehead atoms. The van der Waals surface area contributed by atoms with Gasteiger partial charge in [-0.1, -0.05) is 0 Å². The van der Waals surface area contributed by atoms with E-state index in [1.54, 1.807) is 13.1 Å². The van der Waals surface area contributed by atoms with Gasteiger partial charge in [0.05, 0.1) is 17.6 Å². The van der Waals surface area contributed by atoms with Gasteiger partial charge in [-0.05, 0) is 20.0 Å². The molecule has 0 unspecified atom stereocenters. The number of rotatable bonds is 6. The Morgan fingerprint density at radius 2 is 2.15 bits per heavy atom. The van der Waals surface area contributed by atoms with Crippen LogP contribution in [0.4, 0.5) is 0 Å². The molecule has 26 heavy (non-hydrogen) atoms. The van der Waals surface area contributed by atoms with Gasteiger partial charge in [-0.25, -0.2) is 18.4 Å². The van der Waals surface area contributed by atoms with E-state index in [9.17, 15) is 8.42 Å². The summed E-state index contributed by atoms with van der Waals surface area (Å²) in [5.41, 5.74) is 2.07. The molecule has 2 N–H and O–H groups in total. The van der Waals surface area contributed by atoms with Crippen molar-refractivity contribution in [3.8, 4) is 11.3 Å². The Bertz CT molecular complexity index is 1030. The van der Waals surface area contributed by atoms with Crippen molar-refractivity contribution >= 4 is 21.1 Å². The minimum absolute atomic E-state index is 0.111. The van der Waals surface area contributed by atoms with E-state index in [-0.39, 0.29) is 11.3 Å². The Morgan fingerprint density at radius 3 is 2.88 bits per heavy atom. The highest BCUT2D eigenvalue weighted by Gasteiger charge is 2.49. The molecule has 1 fully saturated rings. The molecular formula is C16H21N7O2S. The van der Waals surface area contributed by atoms with Gasteiger partial charge in [-0.3, -0.25) is 4.68 Å². The molecule has 9 nitrogen and oxygen atoms in total. The third kappa shape index (κ3) is 2.61. The number of H-pyrrole nitrogens is 1. The molecule has 0 atom stereocenters. The molecule has 3 aromatic rings. The normalized spacial score (nSPS) is 17.5. The summed E-state index contributed by atoms with van der Waals surface area (Å²) < 4.78 is 27.6. The minimum Gasteiger partial charge on any atom is -0.346 e. The van der Waals surface area contributed by atoms with Crippen molar-refractivity contribution in [3.63, 3.8) is 0 Å². The van der Waals surface area contributed by atoms with Gasteiger partial charge in [0, 0.05) is 43.0 Å². The van der Waals surface area contributed by atoms with E-state index >= 15 is 0 Å². The first-order chi connectivity index (χ1) is 12.5. The van der Waals surface area contributed by atoms with E-state index in [0.717, 1.165) is 22.3 Å². The standard InChI is InChI=1S/C16H21N7O2S/c1-3-26(24,25)22-9-16(10-22,8-17-2)23-7-12(6-21-23)14-13-4-5-18-15(13)20-11-19-14/h4-7,11,17H,3,8-10H2,1-2H3,(H,18,19,20). The lowest BCUT2D eigenvalue weighted by Gasteiger charge is -2.49. The topological polar surface area (TPSA) is 109 Å². The summed E-state index contributed by atoms with van der Waals surface area (Å²) in [6.45, 7) is 3.12. The highest BCUT2D eigenvalue weighted by atomic mass is 32.2. The lowest BCUT2D eigenvalue weighted by molar-refractivity contribution is 0.0688. The third-order valence-corrected chi connectivity index (χ3v) is 6.68. The smallest absolute Gasteiger partial charge is 0.213 e. The fourth-order valence-corrected chi connectivity index (χ4v) is 4.70. The van der Waals surface area contributed by atoms with Crippen LogP contribution < -0.4 is 5.32 Å². The molecular weight excluding hydrogens is 354 g/mol. The average Bonchev–Trinajstić information content (AvgIpc) is 3.26. The van der Waals surface area contributed by atoms with Gasteiger partial charge in [0.2, 0.25) is 10.0 Å². The van der Waals surface area contributed by atoms with Crippen molar-refractivity contribution in [2.24, 2.45) is 0 Å². The van der Waals surface area contributed by atoms with Crippen LogP contribution in [-0.4, -0.2) is 69.9 Å². The molecule has 1 saturated heterocycles. The van der Waals surface area contributed by atoms with Gasteiger partial charge in [0.15, 0.2) is 0 Å². The quantitative estimate of drug-likeness (QED) is 0.646. The summed E-state index contributed by atoms with van der Waals surface area (Å²) in [7, 11) is -1.33. The first-order valence-electron chi connectivity index (χ1n) is 8.45. The Hall–Kier alpha value is -2.30. The number of hydrogen-bond donors (Lipinski definition) is 2. The van der Waals surface area contributed by atoms with Gasteiger partial charge >= 0.3 is 0 Å². The second-order valence-electron chi connectivity index (χ2n) is 6.56. The molecule has 3 aromatic heterocycles. The molecule has 0 amide bonds. The number of sulfonamides is 1. The zero-order valence-corrected chi connectivity index (χ0v) is 15.5. The van der Waals surface area contributed by atoms with Gasteiger partial charge in [-0.15, -0.1) is 0 Å². The fourth-order valence-electron chi connectivity index (χ4n) is 3.46. The predicted octanol–water partition coefficient (Wildman–Crippen LogP) is 0.401. The maximum atomic E-state index is 12.1. The SMILES string of the molecule is CCS(=O)(=O)N1CC(CNC)(n2cc(-c3ncnc4[nH]ccc34)cn2)C1.